The molecule has 0 bridgehead atoms. The lowest BCUT2D eigenvalue weighted by atomic mass is 9.85. The first-order chi connectivity index (χ1) is 13.2. The summed E-state index contributed by atoms with van der Waals surface area (Å²) in [6.45, 7) is 0.364. The Morgan fingerprint density at radius 3 is 2.71 bits per heavy atom. The second kappa shape index (κ2) is 8.52. The number of carbonyl (C=O) groups excluding carboxylic acids is 1. The molecule has 28 heavy (non-hydrogen) atoms. The number of nitrogens with one attached hydrogen (secondary N) is 2. The van der Waals surface area contributed by atoms with E-state index in [4.69, 9.17) is 16.3 Å². The van der Waals surface area contributed by atoms with E-state index in [1.807, 2.05) is 0 Å². The third kappa shape index (κ3) is 5.26. The molecule has 11 heteroatoms. The third-order valence-electron chi connectivity index (χ3n) is 4.16. The summed E-state index contributed by atoms with van der Waals surface area (Å²) in [4.78, 5) is 19.0. The zero-order valence-corrected chi connectivity index (χ0v) is 16.7. The molecule has 0 aliphatic heterocycles. The van der Waals surface area contributed by atoms with Crippen molar-refractivity contribution in [3.63, 3.8) is 0 Å². The quantitative estimate of drug-likeness (QED) is 0.589. The standard InChI is InChI=1S/C17H15BrClF3N4O2/c18-10-4-5-12(11(19)6-10)25-15-23-8-13(14(26-15)17(20,21)22)28-16(27)24-7-9-2-1-3-9/h4-6,8-9H,1-3,7H2,(H,24,27)(H,23,25,26). The molecule has 1 aliphatic rings. The number of amides is 1. The maximum atomic E-state index is 13.4. The van der Waals surface area contributed by atoms with Crippen molar-refractivity contribution < 1.29 is 22.7 Å². The van der Waals surface area contributed by atoms with E-state index >= 15 is 0 Å². The lowest BCUT2D eigenvalue weighted by Crippen LogP contribution is -2.34. The van der Waals surface area contributed by atoms with Gasteiger partial charge in [0.2, 0.25) is 5.95 Å². The van der Waals surface area contributed by atoms with E-state index in [2.05, 4.69) is 36.5 Å². The molecule has 0 atom stereocenters. The van der Waals surface area contributed by atoms with E-state index < -0.39 is 23.7 Å². The van der Waals surface area contributed by atoms with Crippen molar-refractivity contribution in [3.8, 4) is 5.75 Å². The van der Waals surface area contributed by atoms with Crippen LogP contribution in [0.5, 0.6) is 5.75 Å². The second-order valence-corrected chi connectivity index (χ2v) is 7.54. The van der Waals surface area contributed by atoms with Gasteiger partial charge in [0.05, 0.1) is 16.9 Å². The minimum absolute atomic E-state index is 0.266. The Morgan fingerprint density at radius 1 is 1.36 bits per heavy atom. The second-order valence-electron chi connectivity index (χ2n) is 6.22. The highest BCUT2D eigenvalue weighted by atomic mass is 79.9. The summed E-state index contributed by atoms with van der Waals surface area (Å²) in [5.41, 5.74) is -1.04. The molecule has 3 rings (SSSR count). The Bertz CT molecular complexity index is 878. The molecule has 0 radical (unpaired) electrons. The Morgan fingerprint density at radius 2 is 2.11 bits per heavy atom. The van der Waals surface area contributed by atoms with Gasteiger partial charge >= 0.3 is 12.3 Å². The van der Waals surface area contributed by atoms with Gasteiger partial charge in [-0.2, -0.15) is 13.2 Å². The molecular weight excluding hydrogens is 465 g/mol. The van der Waals surface area contributed by atoms with Crippen molar-refractivity contribution in [1.82, 2.24) is 15.3 Å². The lowest BCUT2D eigenvalue weighted by Gasteiger charge is -2.25. The molecule has 1 fully saturated rings. The van der Waals surface area contributed by atoms with Gasteiger partial charge in [-0.1, -0.05) is 34.0 Å². The fourth-order valence-corrected chi connectivity index (χ4v) is 3.20. The molecular formula is C17H15BrClF3N4O2. The fourth-order valence-electron chi connectivity index (χ4n) is 2.48. The molecule has 1 aromatic heterocycles. The molecule has 0 saturated heterocycles. The van der Waals surface area contributed by atoms with E-state index in [1.54, 1.807) is 18.2 Å². The molecule has 1 amide bonds. The summed E-state index contributed by atoms with van der Waals surface area (Å²) in [5.74, 6) is -0.766. The minimum atomic E-state index is -4.84. The highest BCUT2D eigenvalue weighted by molar-refractivity contribution is 9.10. The van der Waals surface area contributed by atoms with Gasteiger partial charge in [0.25, 0.3) is 0 Å². The van der Waals surface area contributed by atoms with Crippen LogP contribution in [0.15, 0.2) is 28.9 Å². The zero-order valence-electron chi connectivity index (χ0n) is 14.3. The molecule has 2 N–H and O–H groups in total. The molecule has 1 aliphatic carbocycles. The van der Waals surface area contributed by atoms with Crippen molar-refractivity contribution in [2.45, 2.75) is 25.4 Å². The Kier molecular flexibility index (Phi) is 6.29. The Hall–Kier alpha value is -2.07. The topological polar surface area (TPSA) is 76.1 Å². The van der Waals surface area contributed by atoms with Crippen molar-refractivity contribution in [2.24, 2.45) is 5.92 Å². The maximum absolute atomic E-state index is 13.4. The van der Waals surface area contributed by atoms with Crippen LogP contribution in [0.2, 0.25) is 5.02 Å². The van der Waals surface area contributed by atoms with Crippen molar-refractivity contribution >= 4 is 45.3 Å². The zero-order chi connectivity index (χ0) is 20.3. The average molecular weight is 480 g/mol. The molecule has 1 heterocycles. The van der Waals surface area contributed by atoms with Crippen LogP contribution >= 0.6 is 27.5 Å². The highest BCUT2D eigenvalue weighted by Crippen LogP contribution is 2.36. The van der Waals surface area contributed by atoms with Crippen LogP contribution in [0.3, 0.4) is 0 Å². The Balaban J connectivity index is 1.76. The van der Waals surface area contributed by atoms with Crippen LogP contribution in [0, 0.1) is 5.92 Å². The SMILES string of the molecule is O=C(NCC1CCC1)Oc1cnc(Nc2ccc(Br)cc2Cl)nc1C(F)(F)F. The van der Waals surface area contributed by atoms with Gasteiger partial charge in [-0.05, 0) is 37.0 Å². The normalized spacial score (nSPS) is 14.3. The molecule has 1 saturated carbocycles. The summed E-state index contributed by atoms with van der Waals surface area (Å²) in [5, 5.41) is 5.34. The van der Waals surface area contributed by atoms with Crippen LogP contribution < -0.4 is 15.4 Å². The van der Waals surface area contributed by atoms with Gasteiger partial charge in [-0.25, -0.2) is 14.8 Å². The van der Waals surface area contributed by atoms with Gasteiger partial charge in [0, 0.05) is 11.0 Å². The number of ether oxygens (including phenoxy) is 1. The lowest BCUT2D eigenvalue weighted by molar-refractivity contribution is -0.142. The van der Waals surface area contributed by atoms with E-state index in [0.29, 0.717) is 22.6 Å². The number of anilines is 2. The number of carbonyl (C=O) groups is 1. The summed E-state index contributed by atoms with van der Waals surface area (Å²) >= 11 is 9.27. The van der Waals surface area contributed by atoms with E-state index in [1.165, 1.54) is 0 Å². The van der Waals surface area contributed by atoms with E-state index in [9.17, 15) is 18.0 Å². The number of halogens is 5. The van der Waals surface area contributed by atoms with Crippen LogP contribution in [0.4, 0.5) is 29.6 Å². The van der Waals surface area contributed by atoms with Crippen molar-refractivity contribution in [2.75, 3.05) is 11.9 Å². The predicted octanol–water partition coefficient (Wildman–Crippen LogP) is 5.54. The Labute approximate surface area is 172 Å². The average Bonchev–Trinajstić information content (AvgIpc) is 2.56. The summed E-state index contributed by atoms with van der Waals surface area (Å²) < 4.78 is 45.6. The number of alkyl halides is 3. The first-order valence-corrected chi connectivity index (χ1v) is 9.51. The monoisotopic (exact) mass is 478 g/mol. The number of rotatable bonds is 5. The smallest absolute Gasteiger partial charge is 0.406 e. The number of nitrogens with zero attached hydrogens (tertiary/aromatic N) is 2. The number of benzene rings is 1. The van der Waals surface area contributed by atoms with Crippen LogP contribution in [0.25, 0.3) is 0 Å². The number of aromatic nitrogens is 2. The minimum Gasteiger partial charge on any atom is -0.406 e. The third-order valence-corrected chi connectivity index (χ3v) is 4.97. The van der Waals surface area contributed by atoms with Crippen LogP contribution in [0.1, 0.15) is 25.0 Å². The summed E-state index contributed by atoms with van der Waals surface area (Å²) in [6.07, 6.45) is -1.96. The van der Waals surface area contributed by atoms with Gasteiger partial charge in [0.15, 0.2) is 11.4 Å². The highest BCUT2D eigenvalue weighted by Gasteiger charge is 2.38. The first-order valence-electron chi connectivity index (χ1n) is 8.34. The van der Waals surface area contributed by atoms with Crippen LogP contribution in [-0.2, 0) is 6.18 Å². The van der Waals surface area contributed by atoms with Gasteiger partial charge in [0.1, 0.15) is 0 Å². The fraction of sp³-hybridized carbons (Fsp3) is 0.353. The summed E-state index contributed by atoms with van der Waals surface area (Å²) in [7, 11) is 0. The van der Waals surface area contributed by atoms with Crippen LogP contribution in [-0.4, -0.2) is 22.6 Å². The van der Waals surface area contributed by atoms with Gasteiger partial charge < -0.3 is 15.4 Å². The molecule has 1 aromatic carbocycles. The molecule has 150 valence electrons. The first kappa shape index (κ1) is 20.7. The summed E-state index contributed by atoms with van der Waals surface area (Å²) in [6, 6.07) is 4.78. The maximum Gasteiger partial charge on any atom is 0.437 e. The van der Waals surface area contributed by atoms with E-state index in [0.717, 1.165) is 25.5 Å². The molecule has 6 nitrogen and oxygen atoms in total. The largest absolute Gasteiger partial charge is 0.437 e. The van der Waals surface area contributed by atoms with E-state index in [-0.39, 0.29) is 11.0 Å². The van der Waals surface area contributed by atoms with Gasteiger partial charge in [-0.3, -0.25) is 0 Å². The molecule has 2 aromatic rings. The van der Waals surface area contributed by atoms with Crippen molar-refractivity contribution in [3.05, 3.63) is 39.6 Å². The van der Waals surface area contributed by atoms with Gasteiger partial charge in [-0.15, -0.1) is 0 Å². The molecule has 0 spiro atoms. The van der Waals surface area contributed by atoms with Crippen molar-refractivity contribution in [1.29, 1.82) is 0 Å². The predicted molar refractivity (Wildman–Crippen MR) is 101 cm³/mol. The number of hydrogen-bond donors (Lipinski definition) is 2. The molecule has 0 unspecified atom stereocenters. The number of hydrogen-bond acceptors (Lipinski definition) is 5.